The molecule has 1 aromatic carbocycles. The van der Waals surface area contributed by atoms with Gasteiger partial charge in [0.15, 0.2) is 0 Å². The Labute approximate surface area is 127 Å². The number of aromatic hydroxyl groups is 1. The fraction of sp³-hybridized carbons (Fsp3) is 0.500. The van der Waals surface area contributed by atoms with Gasteiger partial charge < -0.3 is 19.7 Å². The van der Waals surface area contributed by atoms with Crippen LogP contribution in [0, 0.1) is 18.3 Å². The molecule has 2 N–H and O–H groups in total. The van der Waals surface area contributed by atoms with E-state index in [1.165, 1.54) is 12.1 Å². The van der Waals surface area contributed by atoms with E-state index in [-0.39, 0.29) is 16.9 Å². The highest BCUT2D eigenvalue weighted by Crippen LogP contribution is 2.55. The zero-order chi connectivity index (χ0) is 16.4. The molecule has 2 aliphatic rings. The maximum Gasteiger partial charge on any atom is 0.346 e. The number of rotatable bonds is 0. The minimum Gasteiger partial charge on any atom is -0.508 e. The highest BCUT2D eigenvalue weighted by atomic mass is 16.6. The van der Waals surface area contributed by atoms with E-state index in [1.807, 2.05) is 0 Å². The van der Waals surface area contributed by atoms with Crippen LogP contribution < -0.4 is 0 Å². The lowest BCUT2D eigenvalue weighted by atomic mass is 9.71. The number of aryl methyl sites for hydroxylation is 1. The maximum absolute atomic E-state index is 12.4. The van der Waals surface area contributed by atoms with Crippen LogP contribution in [-0.4, -0.2) is 28.3 Å². The Morgan fingerprint density at radius 1 is 1.23 bits per heavy atom. The zero-order valence-electron chi connectivity index (χ0n) is 12.8. The summed E-state index contributed by atoms with van der Waals surface area (Å²) in [7, 11) is 0. The number of hydrogen-bond acceptors (Lipinski definition) is 6. The van der Waals surface area contributed by atoms with Gasteiger partial charge >= 0.3 is 11.9 Å². The van der Waals surface area contributed by atoms with Gasteiger partial charge in [0.25, 0.3) is 0 Å². The largest absolute Gasteiger partial charge is 0.508 e. The molecule has 6 heteroatoms. The molecule has 22 heavy (non-hydrogen) atoms. The highest BCUT2D eigenvalue weighted by molar-refractivity contribution is 6.01. The van der Waals surface area contributed by atoms with Gasteiger partial charge in [0.1, 0.15) is 11.7 Å². The van der Waals surface area contributed by atoms with Gasteiger partial charge in [-0.1, -0.05) is 13.8 Å². The predicted molar refractivity (Wildman–Crippen MR) is 75.0 cm³/mol. The van der Waals surface area contributed by atoms with Gasteiger partial charge in [-0.3, -0.25) is 4.79 Å². The van der Waals surface area contributed by atoms with Gasteiger partial charge in [-0.05, 0) is 31.5 Å². The lowest BCUT2D eigenvalue weighted by Gasteiger charge is -2.31. The molecule has 0 radical (unpaired) electrons. The molecular weight excluding hydrogens is 288 g/mol. The van der Waals surface area contributed by atoms with Crippen LogP contribution in [-0.2, 0) is 20.1 Å². The van der Waals surface area contributed by atoms with Crippen molar-refractivity contribution in [3.05, 3.63) is 28.8 Å². The van der Waals surface area contributed by atoms with Crippen LogP contribution in [0.2, 0.25) is 0 Å². The third kappa shape index (κ3) is 1.74. The molecule has 0 unspecified atom stereocenters. The second-order valence-corrected chi connectivity index (χ2v) is 6.60. The van der Waals surface area contributed by atoms with Crippen LogP contribution in [0.15, 0.2) is 12.1 Å². The quantitative estimate of drug-likeness (QED) is 0.558. The van der Waals surface area contributed by atoms with E-state index in [2.05, 4.69) is 0 Å². The van der Waals surface area contributed by atoms with Crippen molar-refractivity contribution >= 4 is 11.9 Å². The average Bonchev–Trinajstić information content (AvgIpc) is 2.48. The van der Waals surface area contributed by atoms with Gasteiger partial charge in [0.05, 0.1) is 11.7 Å². The molecule has 118 valence electrons. The molecule has 1 aromatic rings. The van der Waals surface area contributed by atoms with Crippen molar-refractivity contribution in [3.8, 4) is 5.75 Å². The molecule has 6 nitrogen and oxygen atoms in total. The number of phenols is 1. The molecule has 0 aromatic heterocycles. The van der Waals surface area contributed by atoms with Crippen molar-refractivity contribution in [2.45, 2.75) is 39.6 Å². The van der Waals surface area contributed by atoms with E-state index in [0.29, 0.717) is 5.56 Å². The van der Waals surface area contributed by atoms with Crippen molar-refractivity contribution in [3.63, 3.8) is 0 Å². The van der Waals surface area contributed by atoms with Crippen molar-refractivity contribution in [1.29, 1.82) is 0 Å². The number of benzene rings is 1. The normalized spacial score (nSPS) is 33.0. The van der Waals surface area contributed by atoms with Crippen LogP contribution in [0.3, 0.4) is 0 Å². The summed E-state index contributed by atoms with van der Waals surface area (Å²) in [5, 5.41) is 20.9. The Bertz CT molecular complexity index is 692. The van der Waals surface area contributed by atoms with Gasteiger partial charge in [0.2, 0.25) is 5.79 Å². The Kier molecular flexibility index (Phi) is 2.93. The summed E-state index contributed by atoms with van der Waals surface area (Å²) < 4.78 is 10.6. The highest BCUT2D eigenvalue weighted by Gasteiger charge is 2.65. The third-order valence-electron chi connectivity index (χ3n) is 4.87. The molecule has 0 saturated carbocycles. The molecule has 1 fully saturated rings. The van der Waals surface area contributed by atoms with Crippen LogP contribution in [0.4, 0.5) is 0 Å². The molecule has 0 bridgehead atoms. The monoisotopic (exact) mass is 306 g/mol. The Morgan fingerprint density at radius 3 is 2.50 bits per heavy atom. The van der Waals surface area contributed by atoms with E-state index in [9.17, 15) is 19.8 Å². The molecule has 2 aliphatic heterocycles. The number of phenolic OH excluding ortho intramolecular Hbond substituents is 1. The second kappa shape index (κ2) is 4.30. The fourth-order valence-electron chi connectivity index (χ4n) is 3.50. The number of carbonyl (C=O) groups is 2. The lowest BCUT2D eigenvalue weighted by molar-refractivity contribution is -0.221. The van der Waals surface area contributed by atoms with Gasteiger partial charge in [-0.15, -0.1) is 0 Å². The number of esters is 2. The first-order chi connectivity index (χ1) is 10.1. The topological polar surface area (TPSA) is 93.1 Å². The zero-order valence-corrected chi connectivity index (χ0v) is 12.8. The molecule has 2 heterocycles. The summed E-state index contributed by atoms with van der Waals surface area (Å²) in [4.78, 5) is 24.6. The van der Waals surface area contributed by atoms with Crippen LogP contribution >= 0.6 is 0 Å². The summed E-state index contributed by atoms with van der Waals surface area (Å²) in [6.45, 7) is 6.96. The maximum atomic E-state index is 12.4. The molecule has 0 aliphatic carbocycles. The lowest BCUT2D eigenvalue weighted by Crippen LogP contribution is -2.42. The summed E-state index contributed by atoms with van der Waals surface area (Å²) >= 11 is 0. The van der Waals surface area contributed by atoms with Crippen molar-refractivity contribution in [2.24, 2.45) is 11.3 Å². The van der Waals surface area contributed by atoms with Gasteiger partial charge in [0, 0.05) is 11.0 Å². The molecule has 1 saturated heterocycles. The standard InChI is InChI=1S/C16H18O6/c1-7-5-9(17)6-10-11(7)16(20)12(14(19)21-13(10)18)15(3,4)8(2)22-16/h5-6,8,12,17,20H,1-4H3/t8-,12-,16+/m1/s1. The van der Waals surface area contributed by atoms with Crippen LogP contribution in [0.25, 0.3) is 0 Å². The van der Waals surface area contributed by atoms with Crippen molar-refractivity contribution < 1.29 is 29.3 Å². The van der Waals surface area contributed by atoms with E-state index in [1.54, 1.807) is 27.7 Å². The first kappa shape index (κ1) is 15.0. The molecule has 0 amide bonds. The van der Waals surface area contributed by atoms with E-state index in [0.717, 1.165) is 0 Å². The van der Waals surface area contributed by atoms with Gasteiger partial charge in [-0.25, -0.2) is 4.79 Å². The number of aliphatic hydroxyl groups is 1. The van der Waals surface area contributed by atoms with E-state index >= 15 is 0 Å². The van der Waals surface area contributed by atoms with Crippen molar-refractivity contribution in [1.82, 2.24) is 0 Å². The molecule has 3 atom stereocenters. The minimum atomic E-state index is -1.96. The second-order valence-electron chi connectivity index (χ2n) is 6.60. The van der Waals surface area contributed by atoms with Crippen LogP contribution in [0.1, 0.15) is 42.3 Å². The average molecular weight is 306 g/mol. The molecule has 0 spiro atoms. The first-order valence-electron chi connectivity index (χ1n) is 7.09. The van der Waals surface area contributed by atoms with Crippen molar-refractivity contribution in [2.75, 3.05) is 0 Å². The predicted octanol–water partition coefficient (Wildman–Crippen LogP) is 1.60. The molecule has 3 rings (SSSR count). The number of cyclic esters (lactones) is 2. The summed E-state index contributed by atoms with van der Waals surface area (Å²) in [5.74, 6) is -4.86. The SMILES string of the molecule is Cc1cc(O)cc2c1[C@]1(O)O[C@H](C)C(C)(C)[C@H]1C(=O)OC2=O. The Balaban J connectivity index is 2.35. The number of hydrogen-bond donors (Lipinski definition) is 2. The number of fused-ring (bicyclic) bond motifs is 3. The minimum absolute atomic E-state index is 0.0549. The number of carbonyl (C=O) groups excluding carboxylic acids is 2. The van der Waals surface area contributed by atoms with E-state index in [4.69, 9.17) is 9.47 Å². The summed E-state index contributed by atoms with van der Waals surface area (Å²) in [6, 6.07) is 2.59. The first-order valence-corrected chi connectivity index (χ1v) is 7.09. The fourth-order valence-corrected chi connectivity index (χ4v) is 3.50. The number of ether oxygens (including phenoxy) is 2. The van der Waals surface area contributed by atoms with E-state index < -0.39 is 35.2 Å². The van der Waals surface area contributed by atoms with Crippen LogP contribution in [0.5, 0.6) is 5.75 Å². The smallest absolute Gasteiger partial charge is 0.346 e. The Hall–Kier alpha value is -1.92. The van der Waals surface area contributed by atoms with Gasteiger partial charge in [-0.2, -0.15) is 0 Å². The summed E-state index contributed by atoms with van der Waals surface area (Å²) in [6.07, 6.45) is -0.427. The Morgan fingerprint density at radius 2 is 1.86 bits per heavy atom. The molecular formula is C16H18O6. The summed E-state index contributed by atoms with van der Waals surface area (Å²) in [5.41, 5.74) is -0.138. The third-order valence-corrected chi connectivity index (χ3v) is 4.87.